The fourth-order valence-electron chi connectivity index (χ4n) is 3.46. The van der Waals surface area contributed by atoms with Crippen LogP contribution in [-0.2, 0) is 22.7 Å². The number of aromatic nitrogens is 2. The molecule has 0 radical (unpaired) electrons. The van der Waals surface area contributed by atoms with Gasteiger partial charge in [0.15, 0.2) is 5.17 Å². The number of amides is 1. The summed E-state index contributed by atoms with van der Waals surface area (Å²) in [6.45, 7) is 3.33. The summed E-state index contributed by atoms with van der Waals surface area (Å²) in [4.78, 5) is 31.6. The monoisotopic (exact) mass is 413 g/mol. The van der Waals surface area contributed by atoms with E-state index < -0.39 is 5.97 Å². The number of β-lactam (4-membered cyclic amide) rings is 1. The van der Waals surface area contributed by atoms with E-state index in [1.54, 1.807) is 17.8 Å². The molecule has 0 aliphatic carbocycles. The van der Waals surface area contributed by atoms with Gasteiger partial charge in [-0.15, -0.1) is 11.8 Å². The molecule has 5 heterocycles. The van der Waals surface area contributed by atoms with Crippen molar-refractivity contribution >= 4 is 46.6 Å². The second-order valence-electron chi connectivity index (χ2n) is 6.29. The number of carbonyl (C=O) groups is 2. The van der Waals surface area contributed by atoms with Crippen LogP contribution in [0.1, 0.15) is 12.8 Å². The van der Waals surface area contributed by atoms with E-state index in [9.17, 15) is 9.59 Å². The molecular formula is C16H16N5NaO3S2. The van der Waals surface area contributed by atoms with Gasteiger partial charge >= 0.3 is 35.5 Å². The Morgan fingerprint density at radius 1 is 1.41 bits per heavy atom. The molecule has 1 fully saturated rings. The van der Waals surface area contributed by atoms with Crippen LogP contribution in [0.5, 0.6) is 0 Å². The van der Waals surface area contributed by atoms with Crippen LogP contribution in [0.3, 0.4) is 0 Å². The van der Waals surface area contributed by atoms with E-state index in [1.807, 2.05) is 10.7 Å². The largest absolute Gasteiger partial charge is 1.00 e. The molecule has 1 aromatic heterocycles. The molecule has 1 amide bonds. The standard InChI is InChI=1S/C16H15N5O3S2.Na.H/c22-13-11(14-21(13)12(8-26-14)15(23)24)6-9-5-10-7-19(2-3-20(10)18-9)16-17-1-4-25-16;;/h5-6,8,14H,1-4,7H2,(H,23,24);;/q;+1;-1/b11-6-;;. The van der Waals surface area contributed by atoms with Crippen LogP contribution < -0.4 is 29.6 Å². The van der Waals surface area contributed by atoms with Crippen molar-refractivity contribution in [1.82, 2.24) is 19.6 Å². The first kappa shape index (κ1) is 19.1. The summed E-state index contributed by atoms with van der Waals surface area (Å²) in [7, 11) is 0. The molecule has 27 heavy (non-hydrogen) atoms. The van der Waals surface area contributed by atoms with E-state index in [1.165, 1.54) is 22.1 Å². The van der Waals surface area contributed by atoms with Crippen molar-refractivity contribution in [1.29, 1.82) is 0 Å². The van der Waals surface area contributed by atoms with Crippen LogP contribution in [-0.4, -0.2) is 65.9 Å². The van der Waals surface area contributed by atoms with E-state index in [2.05, 4.69) is 15.0 Å². The van der Waals surface area contributed by atoms with Crippen molar-refractivity contribution in [3.05, 3.63) is 34.1 Å². The van der Waals surface area contributed by atoms with Crippen LogP contribution in [0.2, 0.25) is 0 Å². The third-order valence-electron chi connectivity index (χ3n) is 4.71. The summed E-state index contributed by atoms with van der Waals surface area (Å²) in [5, 5.41) is 16.1. The molecule has 1 aromatic rings. The molecule has 4 aliphatic rings. The zero-order chi connectivity index (χ0) is 17.8. The van der Waals surface area contributed by atoms with E-state index in [0.29, 0.717) is 5.57 Å². The van der Waals surface area contributed by atoms with E-state index in [-0.39, 0.29) is 48.0 Å². The van der Waals surface area contributed by atoms with Crippen LogP contribution in [0.4, 0.5) is 0 Å². The number of carbonyl (C=O) groups excluding carboxylic acids is 1. The molecule has 1 atom stereocenters. The number of aliphatic imine (C=N–C) groups is 1. The number of carboxylic acids is 1. The molecule has 5 rings (SSSR count). The summed E-state index contributed by atoms with van der Waals surface area (Å²) in [6.07, 6.45) is 1.78. The maximum absolute atomic E-state index is 12.3. The van der Waals surface area contributed by atoms with Crippen molar-refractivity contribution in [3.63, 3.8) is 0 Å². The van der Waals surface area contributed by atoms with Crippen LogP contribution in [0.25, 0.3) is 6.08 Å². The number of amidine groups is 1. The first-order valence-corrected chi connectivity index (χ1v) is 10.2. The third kappa shape index (κ3) is 3.17. The number of nitrogens with zero attached hydrogens (tertiary/aromatic N) is 5. The zero-order valence-electron chi connectivity index (χ0n) is 15.7. The molecule has 1 N–H and O–H groups in total. The van der Waals surface area contributed by atoms with Gasteiger partial charge in [0.25, 0.3) is 5.91 Å². The van der Waals surface area contributed by atoms with Crippen LogP contribution >= 0.6 is 23.5 Å². The number of aliphatic carboxylic acids is 1. The number of hydrogen-bond acceptors (Lipinski definition) is 7. The number of fused-ring (bicyclic) bond motifs is 2. The van der Waals surface area contributed by atoms with Gasteiger partial charge in [0.1, 0.15) is 11.1 Å². The van der Waals surface area contributed by atoms with Gasteiger partial charge in [0.2, 0.25) is 0 Å². The summed E-state index contributed by atoms with van der Waals surface area (Å²) in [6, 6.07) is 2.00. The van der Waals surface area contributed by atoms with E-state index in [0.717, 1.165) is 48.5 Å². The molecule has 0 bridgehead atoms. The summed E-state index contributed by atoms with van der Waals surface area (Å²) in [5.41, 5.74) is 2.50. The Bertz CT molecular complexity index is 931. The van der Waals surface area contributed by atoms with Crippen molar-refractivity contribution in [3.8, 4) is 0 Å². The second-order valence-corrected chi connectivity index (χ2v) is 8.31. The summed E-state index contributed by atoms with van der Waals surface area (Å²) in [5.74, 6) is -0.275. The van der Waals surface area contributed by atoms with Crippen LogP contribution in [0, 0.1) is 0 Å². The molecule has 8 nitrogen and oxygen atoms in total. The maximum atomic E-state index is 12.3. The Morgan fingerprint density at radius 3 is 3.00 bits per heavy atom. The van der Waals surface area contributed by atoms with Gasteiger partial charge in [-0.25, -0.2) is 4.79 Å². The van der Waals surface area contributed by atoms with Crippen LogP contribution in [0.15, 0.2) is 27.7 Å². The number of carboxylic acid groups (broad SMARTS) is 1. The fourth-order valence-corrected chi connectivity index (χ4v) is 5.47. The van der Waals surface area contributed by atoms with Crippen molar-refractivity contribution in [2.75, 3.05) is 18.8 Å². The predicted octanol–water partition coefficient (Wildman–Crippen LogP) is -1.86. The fraction of sp³-hybridized carbons (Fsp3) is 0.375. The van der Waals surface area contributed by atoms with Gasteiger partial charge in [0, 0.05) is 17.7 Å². The quantitative estimate of drug-likeness (QED) is 0.346. The zero-order valence-corrected chi connectivity index (χ0v) is 18.3. The summed E-state index contributed by atoms with van der Waals surface area (Å²) < 4.78 is 1.98. The molecular weight excluding hydrogens is 397 g/mol. The molecule has 136 valence electrons. The Hall–Kier alpha value is -1.20. The topological polar surface area (TPSA) is 91.0 Å². The molecule has 11 heteroatoms. The molecule has 1 unspecified atom stereocenters. The van der Waals surface area contributed by atoms with E-state index in [4.69, 9.17) is 5.11 Å². The first-order valence-electron chi connectivity index (χ1n) is 8.25. The minimum Gasteiger partial charge on any atom is -1.00 e. The second kappa shape index (κ2) is 7.32. The molecule has 0 saturated carbocycles. The molecule has 0 spiro atoms. The van der Waals surface area contributed by atoms with Crippen molar-refractivity contribution < 1.29 is 45.7 Å². The van der Waals surface area contributed by atoms with Gasteiger partial charge in [-0.05, 0) is 12.1 Å². The summed E-state index contributed by atoms with van der Waals surface area (Å²) >= 11 is 3.14. The van der Waals surface area contributed by atoms with E-state index >= 15 is 0 Å². The Morgan fingerprint density at radius 2 is 2.26 bits per heavy atom. The average Bonchev–Trinajstić information content (AvgIpc) is 3.35. The van der Waals surface area contributed by atoms with Crippen molar-refractivity contribution in [2.45, 2.75) is 18.5 Å². The minimum absolute atomic E-state index is 0. The van der Waals surface area contributed by atoms with Gasteiger partial charge in [-0.1, -0.05) is 11.8 Å². The maximum Gasteiger partial charge on any atom is 1.00 e. The third-order valence-corrected chi connectivity index (χ3v) is 6.83. The Balaban J connectivity index is 0.00000112. The predicted molar refractivity (Wildman–Crippen MR) is 100 cm³/mol. The average molecular weight is 413 g/mol. The number of rotatable bonds is 2. The number of thioether (sulfide) groups is 2. The Kier molecular flexibility index (Phi) is 5.19. The minimum atomic E-state index is -1.07. The van der Waals surface area contributed by atoms with Gasteiger partial charge in [0.05, 0.1) is 36.6 Å². The molecule has 1 saturated heterocycles. The first-order chi connectivity index (χ1) is 12.6. The molecule has 0 aromatic carbocycles. The van der Waals surface area contributed by atoms with Gasteiger partial charge < -0.3 is 11.4 Å². The number of hydrogen-bond donors (Lipinski definition) is 1. The van der Waals surface area contributed by atoms with Crippen molar-refractivity contribution in [2.24, 2.45) is 4.99 Å². The SMILES string of the molecule is O=C(O)C1=CSC2/C(=C\c3cc4n(n3)CCN(C3=NCCS3)C4)C(=O)N12.[H-].[Na+]. The molecule has 4 aliphatic heterocycles. The van der Waals surface area contributed by atoms with Gasteiger partial charge in [-0.3, -0.25) is 19.4 Å². The normalized spacial score (nSPS) is 24.8. The van der Waals surface area contributed by atoms with Gasteiger partial charge in [-0.2, -0.15) is 5.10 Å². The smallest absolute Gasteiger partial charge is 1.00 e. The Labute approximate surface area is 187 Å².